The predicted molar refractivity (Wildman–Crippen MR) is 57.2 cm³/mol. The summed E-state index contributed by atoms with van der Waals surface area (Å²) in [4.78, 5) is 4.26. The van der Waals surface area contributed by atoms with E-state index in [1.807, 2.05) is 11.7 Å². The first-order valence-electron chi connectivity index (χ1n) is 5.39. The third kappa shape index (κ3) is 3.46. The molecule has 0 atom stereocenters. The van der Waals surface area contributed by atoms with Crippen LogP contribution in [-0.2, 0) is 13.0 Å². The molecule has 80 valence electrons. The molecule has 4 heteroatoms. The van der Waals surface area contributed by atoms with Crippen LogP contribution >= 0.6 is 0 Å². The number of aromatic nitrogens is 3. The zero-order chi connectivity index (χ0) is 10.2. The number of hydrogen-bond acceptors (Lipinski definition) is 3. The van der Waals surface area contributed by atoms with E-state index >= 15 is 0 Å². The SMILES string of the molecule is CCCn1ncnc1CCCCNC. The molecule has 1 N–H and O–H groups in total. The zero-order valence-electron chi connectivity index (χ0n) is 9.16. The largest absolute Gasteiger partial charge is 0.320 e. The summed E-state index contributed by atoms with van der Waals surface area (Å²) in [7, 11) is 1.99. The summed E-state index contributed by atoms with van der Waals surface area (Å²) in [5, 5.41) is 7.34. The van der Waals surface area contributed by atoms with Gasteiger partial charge in [-0.3, -0.25) is 4.68 Å². The van der Waals surface area contributed by atoms with Crippen LogP contribution in [0, 0.1) is 0 Å². The van der Waals surface area contributed by atoms with Crippen molar-refractivity contribution >= 4 is 0 Å². The minimum absolute atomic E-state index is 0.987. The molecule has 1 heterocycles. The van der Waals surface area contributed by atoms with Gasteiger partial charge in [-0.15, -0.1) is 0 Å². The maximum Gasteiger partial charge on any atom is 0.138 e. The van der Waals surface area contributed by atoms with Crippen LogP contribution in [0.1, 0.15) is 32.0 Å². The second-order valence-corrected chi connectivity index (χ2v) is 3.46. The van der Waals surface area contributed by atoms with Crippen molar-refractivity contribution in [2.45, 2.75) is 39.2 Å². The lowest BCUT2D eigenvalue weighted by molar-refractivity contribution is 0.554. The molecule has 0 aliphatic rings. The fraction of sp³-hybridized carbons (Fsp3) is 0.800. The van der Waals surface area contributed by atoms with Gasteiger partial charge in [-0.1, -0.05) is 6.92 Å². The first-order valence-corrected chi connectivity index (χ1v) is 5.39. The van der Waals surface area contributed by atoms with Crippen molar-refractivity contribution in [1.29, 1.82) is 0 Å². The van der Waals surface area contributed by atoms with Gasteiger partial charge in [-0.25, -0.2) is 4.98 Å². The Labute approximate surface area is 85.7 Å². The quantitative estimate of drug-likeness (QED) is 0.667. The Kier molecular flexibility index (Phi) is 5.22. The molecule has 0 radical (unpaired) electrons. The molecule has 1 aromatic heterocycles. The molecule has 0 aliphatic carbocycles. The van der Waals surface area contributed by atoms with Gasteiger partial charge in [0.2, 0.25) is 0 Å². The van der Waals surface area contributed by atoms with E-state index in [9.17, 15) is 0 Å². The summed E-state index contributed by atoms with van der Waals surface area (Å²) in [5.41, 5.74) is 0. The average Bonchev–Trinajstić information content (AvgIpc) is 2.61. The van der Waals surface area contributed by atoms with Gasteiger partial charge in [0.05, 0.1) is 0 Å². The number of rotatable bonds is 7. The molecule has 0 saturated heterocycles. The minimum Gasteiger partial charge on any atom is -0.320 e. The van der Waals surface area contributed by atoms with Gasteiger partial charge in [0, 0.05) is 13.0 Å². The van der Waals surface area contributed by atoms with E-state index in [1.54, 1.807) is 6.33 Å². The molecule has 0 fully saturated rings. The standard InChI is InChI=1S/C10H20N4/c1-3-8-14-10(12-9-13-14)6-4-5-7-11-2/h9,11H,3-8H2,1-2H3. The molecular formula is C10H20N4. The molecule has 0 aromatic carbocycles. The molecule has 0 aliphatic heterocycles. The predicted octanol–water partition coefficient (Wildman–Crippen LogP) is 1.23. The third-order valence-electron chi connectivity index (χ3n) is 2.21. The highest BCUT2D eigenvalue weighted by Gasteiger charge is 2.02. The number of hydrogen-bond donors (Lipinski definition) is 1. The Morgan fingerprint density at radius 3 is 3.00 bits per heavy atom. The van der Waals surface area contributed by atoms with Crippen LogP contribution < -0.4 is 5.32 Å². The Hall–Kier alpha value is -0.900. The fourth-order valence-corrected chi connectivity index (χ4v) is 1.47. The van der Waals surface area contributed by atoms with Crippen molar-refractivity contribution in [3.63, 3.8) is 0 Å². The normalized spacial score (nSPS) is 10.7. The van der Waals surface area contributed by atoms with Crippen molar-refractivity contribution in [2.75, 3.05) is 13.6 Å². The van der Waals surface area contributed by atoms with Crippen molar-refractivity contribution in [2.24, 2.45) is 0 Å². The van der Waals surface area contributed by atoms with Crippen LogP contribution in [0.3, 0.4) is 0 Å². The first-order chi connectivity index (χ1) is 6.88. The van der Waals surface area contributed by atoms with E-state index in [4.69, 9.17) is 0 Å². The summed E-state index contributed by atoms with van der Waals surface area (Å²) < 4.78 is 2.01. The van der Waals surface area contributed by atoms with E-state index in [2.05, 4.69) is 22.3 Å². The van der Waals surface area contributed by atoms with E-state index in [0.29, 0.717) is 0 Å². The van der Waals surface area contributed by atoms with Crippen molar-refractivity contribution in [3.8, 4) is 0 Å². The van der Waals surface area contributed by atoms with Gasteiger partial charge in [-0.05, 0) is 32.9 Å². The molecule has 4 nitrogen and oxygen atoms in total. The lowest BCUT2D eigenvalue weighted by Crippen LogP contribution is -2.09. The van der Waals surface area contributed by atoms with Crippen LogP contribution in [0.2, 0.25) is 0 Å². The molecule has 0 bridgehead atoms. The Bertz CT molecular complexity index is 244. The first kappa shape index (κ1) is 11.2. The number of nitrogens with one attached hydrogen (secondary N) is 1. The van der Waals surface area contributed by atoms with E-state index in [1.165, 1.54) is 12.8 Å². The van der Waals surface area contributed by atoms with E-state index < -0.39 is 0 Å². The second kappa shape index (κ2) is 6.54. The number of aryl methyl sites for hydroxylation is 2. The molecule has 1 rings (SSSR count). The van der Waals surface area contributed by atoms with Crippen LogP contribution in [0.5, 0.6) is 0 Å². The van der Waals surface area contributed by atoms with Gasteiger partial charge in [0.1, 0.15) is 12.2 Å². The van der Waals surface area contributed by atoms with Crippen LogP contribution in [0.15, 0.2) is 6.33 Å². The Balaban J connectivity index is 2.30. The van der Waals surface area contributed by atoms with E-state index in [0.717, 1.165) is 31.8 Å². The van der Waals surface area contributed by atoms with Crippen LogP contribution in [0.25, 0.3) is 0 Å². The Morgan fingerprint density at radius 1 is 1.43 bits per heavy atom. The molecule has 0 unspecified atom stereocenters. The topological polar surface area (TPSA) is 42.7 Å². The highest BCUT2D eigenvalue weighted by Crippen LogP contribution is 2.01. The van der Waals surface area contributed by atoms with Crippen LogP contribution in [0.4, 0.5) is 0 Å². The van der Waals surface area contributed by atoms with Gasteiger partial charge in [0.15, 0.2) is 0 Å². The molecular weight excluding hydrogens is 176 g/mol. The van der Waals surface area contributed by atoms with Gasteiger partial charge >= 0.3 is 0 Å². The monoisotopic (exact) mass is 196 g/mol. The summed E-state index contributed by atoms with van der Waals surface area (Å²) >= 11 is 0. The van der Waals surface area contributed by atoms with Crippen LogP contribution in [-0.4, -0.2) is 28.4 Å². The lowest BCUT2D eigenvalue weighted by Gasteiger charge is -2.03. The number of unbranched alkanes of at least 4 members (excludes halogenated alkanes) is 1. The maximum absolute atomic E-state index is 4.26. The van der Waals surface area contributed by atoms with Gasteiger partial charge in [0.25, 0.3) is 0 Å². The lowest BCUT2D eigenvalue weighted by atomic mass is 10.2. The maximum atomic E-state index is 4.26. The fourth-order valence-electron chi connectivity index (χ4n) is 1.47. The Morgan fingerprint density at radius 2 is 2.29 bits per heavy atom. The van der Waals surface area contributed by atoms with Crippen molar-refractivity contribution in [1.82, 2.24) is 20.1 Å². The average molecular weight is 196 g/mol. The number of nitrogens with zero attached hydrogens (tertiary/aromatic N) is 3. The summed E-state index contributed by atoms with van der Waals surface area (Å²) in [6.45, 7) is 4.23. The smallest absolute Gasteiger partial charge is 0.138 e. The molecule has 1 aromatic rings. The third-order valence-corrected chi connectivity index (χ3v) is 2.21. The second-order valence-electron chi connectivity index (χ2n) is 3.46. The van der Waals surface area contributed by atoms with Crippen molar-refractivity contribution < 1.29 is 0 Å². The molecule has 0 amide bonds. The molecule has 0 spiro atoms. The van der Waals surface area contributed by atoms with E-state index in [-0.39, 0.29) is 0 Å². The minimum atomic E-state index is 0.987. The highest BCUT2D eigenvalue weighted by molar-refractivity contribution is 4.84. The highest BCUT2D eigenvalue weighted by atomic mass is 15.3. The summed E-state index contributed by atoms with van der Waals surface area (Å²) in [6.07, 6.45) is 6.20. The van der Waals surface area contributed by atoms with Crippen molar-refractivity contribution in [3.05, 3.63) is 12.2 Å². The molecule has 14 heavy (non-hydrogen) atoms. The molecule has 0 saturated carbocycles. The summed E-state index contributed by atoms with van der Waals surface area (Å²) in [5.74, 6) is 1.13. The van der Waals surface area contributed by atoms with Gasteiger partial charge < -0.3 is 5.32 Å². The summed E-state index contributed by atoms with van der Waals surface area (Å²) in [6, 6.07) is 0. The zero-order valence-corrected chi connectivity index (χ0v) is 9.16. The van der Waals surface area contributed by atoms with Gasteiger partial charge in [-0.2, -0.15) is 5.10 Å².